The molecule has 0 radical (unpaired) electrons. The Kier molecular flexibility index (Phi) is 4.31. The van der Waals surface area contributed by atoms with Crippen LogP contribution in [0.5, 0.6) is 0 Å². The third-order valence-electron chi connectivity index (χ3n) is 4.48. The lowest BCUT2D eigenvalue weighted by Gasteiger charge is -2.33. The van der Waals surface area contributed by atoms with Crippen molar-refractivity contribution in [2.24, 2.45) is 17.3 Å². The van der Waals surface area contributed by atoms with Gasteiger partial charge in [-0.2, -0.15) is 0 Å². The van der Waals surface area contributed by atoms with Crippen LogP contribution < -0.4 is 5.32 Å². The molecule has 1 amide bonds. The second kappa shape index (κ2) is 5.60. The molecule has 1 atom stereocenters. The summed E-state index contributed by atoms with van der Waals surface area (Å²) in [5, 5.41) is 3.40. The molecule has 0 saturated carbocycles. The maximum Gasteiger partial charge on any atom is 0.223 e. The quantitative estimate of drug-likeness (QED) is 0.832. The van der Waals surface area contributed by atoms with Crippen LogP contribution >= 0.6 is 0 Å². The molecule has 2 saturated heterocycles. The smallest absolute Gasteiger partial charge is 0.223 e. The van der Waals surface area contributed by atoms with Gasteiger partial charge < -0.3 is 10.2 Å². The molecule has 104 valence electrons. The van der Waals surface area contributed by atoms with Crippen molar-refractivity contribution in [3.63, 3.8) is 0 Å². The van der Waals surface area contributed by atoms with Crippen molar-refractivity contribution >= 4 is 5.91 Å². The first kappa shape index (κ1) is 13.9. The summed E-state index contributed by atoms with van der Waals surface area (Å²) in [5.41, 5.74) is 0.305. The summed E-state index contributed by atoms with van der Waals surface area (Å²) in [7, 11) is 0. The molecule has 3 nitrogen and oxygen atoms in total. The second-order valence-electron chi connectivity index (χ2n) is 6.94. The highest BCUT2D eigenvalue weighted by Gasteiger charge is 2.43. The molecule has 1 spiro atoms. The summed E-state index contributed by atoms with van der Waals surface area (Å²) in [4.78, 5) is 14.3. The largest absolute Gasteiger partial charge is 0.342 e. The van der Waals surface area contributed by atoms with E-state index in [1.807, 2.05) is 0 Å². The van der Waals surface area contributed by atoms with Crippen molar-refractivity contribution < 1.29 is 4.79 Å². The van der Waals surface area contributed by atoms with E-state index in [-0.39, 0.29) is 0 Å². The minimum atomic E-state index is 0.305. The first-order chi connectivity index (χ1) is 8.51. The van der Waals surface area contributed by atoms with Gasteiger partial charge in [0.25, 0.3) is 0 Å². The fourth-order valence-electron chi connectivity index (χ4n) is 3.70. The SMILES string of the molecule is CC(C)CC(C)CN1CC2(CCNCC2)CC1=O. The van der Waals surface area contributed by atoms with Gasteiger partial charge in [0.05, 0.1) is 0 Å². The monoisotopic (exact) mass is 252 g/mol. The molecule has 0 aromatic heterocycles. The van der Waals surface area contributed by atoms with Crippen LogP contribution in [0.25, 0.3) is 0 Å². The number of carbonyl (C=O) groups excluding carboxylic acids is 1. The van der Waals surface area contributed by atoms with Gasteiger partial charge in [-0.3, -0.25) is 4.79 Å². The molecule has 2 aliphatic rings. The van der Waals surface area contributed by atoms with Crippen LogP contribution in [-0.4, -0.2) is 37.0 Å². The molecule has 3 heteroatoms. The highest BCUT2D eigenvalue weighted by molar-refractivity contribution is 5.79. The third kappa shape index (κ3) is 3.25. The van der Waals surface area contributed by atoms with E-state index in [0.717, 1.165) is 38.5 Å². The number of piperidine rings is 1. The molecule has 0 aromatic carbocycles. The standard InChI is InChI=1S/C15H28N2O/c1-12(2)8-13(3)10-17-11-15(9-14(17)18)4-6-16-7-5-15/h12-13,16H,4-11H2,1-3H3. The van der Waals surface area contributed by atoms with Gasteiger partial charge in [0.15, 0.2) is 0 Å². The molecule has 2 aliphatic heterocycles. The van der Waals surface area contributed by atoms with Crippen molar-refractivity contribution in [3.05, 3.63) is 0 Å². The predicted octanol–water partition coefficient (Wildman–Crippen LogP) is 2.27. The van der Waals surface area contributed by atoms with Crippen LogP contribution in [0.15, 0.2) is 0 Å². The lowest BCUT2D eigenvalue weighted by molar-refractivity contribution is -0.128. The van der Waals surface area contributed by atoms with E-state index in [9.17, 15) is 4.79 Å². The summed E-state index contributed by atoms with van der Waals surface area (Å²) in [6.07, 6.45) is 4.36. The molecule has 18 heavy (non-hydrogen) atoms. The molecule has 0 aromatic rings. The zero-order valence-electron chi connectivity index (χ0n) is 12.2. The Bertz CT molecular complexity index is 295. The van der Waals surface area contributed by atoms with Crippen LogP contribution in [0.1, 0.15) is 46.5 Å². The highest BCUT2D eigenvalue weighted by atomic mass is 16.2. The molecule has 1 unspecified atom stereocenters. The normalized spacial score (nSPS) is 25.1. The third-order valence-corrected chi connectivity index (χ3v) is 4.48. The second-order valence-corrected chi connectivity index (χ2v) is 6.94. The van der Waals surface area contributed by atoms with Gasteiger partial charge >= 0.3 is 0 Å². The fraction of sp³-hybridized carbons (Fsp3) is 0.933. The van der Waals surface area contributed by atoms with E-state index in [1.165, 1.54) is 19.3 Å². The van der Waals surface area contributed by atoms with Gasteiger partial charge in [0.2, 0.25) is 5.91 Å². The van der Waals surface area contributed by atoms with E-state index >= 15 is 0 Å². The molecule has 0 bridgehead atoms. The predicted molar refractivity (Wildman–Crippen MR) is 74.4 cm³/mol. The van der Waals surface area contributed by atoms with Crippen molar-refractivity contribution in [1.29, 1.82) is 0 Å². The minimum absolute atomic E-state index is 0.305. The van der Waals surface area contributed by atoms with Crippen LogP contribution in [0, 0.1) is 17.3 Å². The molecular weight excluding hydrogens is 224 g/mol. The Morgan fingerprint density at radius 2 is 1.94 bits per heavy atom. The zero-order chi connectivity index (χ0) is 13.2. The van der Waals surface area contributed by atoms with Gasteiger partial charge in [-0.15, -0.1) is 0 Å². The van der Waals surface area contributed by atoms with Gasteiger partial charge in [-0.1, -0.05) is 20.8 Å². The summed E-state index contributed by atoms with van der Waals surface area (Å²) < 4.78 is 0. The van der Waals surface area contributed by atoms with Crippen LogP contribution in [0.4, 0.5) is 0 Å². The Hall–Kier alpha value is -0.570. The van der Waals surface area contributed by atoms with Gasteiger partial charge in [0, 0.05) is 19.5 Å². The van der Waals surface area contributed by atoms with Crippen LogP contribution in [0.3, 0.4) is 0 Å². The van der Waals surface area contributed by atoms with E-state index in [4.69, 9.17) is 0 Å². The molecule has 0 aliphatic carbocycles. The maximum atomic E-state index is 12.2. The Labute approximate surface area is 111 Å². The number of rotatable bonds is 4. The maximum absolute atomic E-state index is 12.2. The lowest BCUT2D eigenvalue weighted by Crippen LogP contribution is -2.39. The Balaban J connectivity index is 1.88. The van der Waals surface area contributed by atoms with Crippen molar-refractivity contribution in [2.75, 3.05) is 26.2 Å². The summed E-state index contributed by atoms with van der Waals surface area (Å²) in [5.74, 6) is 1.75. The van der Waals surface area contributed by atoms with Crippen molar-refractivity contribution in [2.45, 2.75) is 46.5 Å². The van der Waals surface area contributed by atoms with Gasteiger partial charge in [-0.05, 0) is 49.6 Å². The molecule has 1 N–H and O–H groups in total. The lowest BCUT2D eigenvalue weighted by atomic mass is 9.78. The highest BCUT2D eigenvalue weighted by Crippen LogP contribution is 2.39. The average Bonchev–Trinajstić information content (AvgIpc) is 2.54. The van der Waals surface area contributed by atoms with Gasteiger partial charge in [-0.25, -0.2) is 0 Å². The summed E-state index contributed by atoms with van der Waals surface area (Å²) in [6.45, 7) is 10.9. The molecule has 2 heterocycles. The number of carbonyl (C=O) groups is 1. The van der Waals surface area contributed by atoms with Crippen molar-refractivity contribution in [3.8, 4) is 0 Å². The molecule has 2 rings (SSSR count). The summed E-state index contributed by atoms with van der Waals surface area (Å²) >= 11 is 0. The number of likely N-dealkylation sites (tertiary alicyclic amines) is 1. The average molecular weight is 252 g/mol. The fourth-order valence-corrected chi connectivity index (χ4v) is 3.70. The number of amides is 1. The van der Waals surface area contributed by atoms with E-state index in [1.54, 1.807) is 0 Å². The first-order valence-corrected chi connectivity index (χ1v) is 7.49. The van der Waals surface area contributed by atoms with E-state index < -0.39 is 0 Å². The van der Waals surface area contributed by atoms with Crippen LogP contribution in [-0.2, 0) is 4.79 Å². The van der Waals surface area contributed by atoms with E-state index in [0.29, 0.717) is 17.2 Å². The zero-order valence-corrected chi connectivity index (χ0v) is 12.2. The Morgan fingerprint density at radius 3 is 2.56 bits per heavy atom. The number of hydrogen-bond donors (Lipinski definition) is 1. The number of hydrogen-bond acceptors (Lipinski definition) is 2. The summed E-state index contributed by atoms with van der Waals surface area (Å²) in [6, 6.07) is 0. The van der Waals surface area contributed by atoms with E-state index in [2.05, 4.69) is 31.0 Å². The first-order valence-electron chi connectivity index (χ1n) is 7.49. The minimum Gasteiger partial charge on any atom is -0.342 e. The molecular formula is C15H28N2O. The molecule has 2 fully saturated rings. The van der Waals surface area contributed by atoms with Crippen molar-refractivity contribution in [1.82, 2.24) is 10.2 Å². The topological polar surface area (TPSA) is 32.3 Å². The van der Waals surface area contributed by atoms with Crippen LogP contribution in [0.2, 0.25) is 0 Å². The van der Waals surface area contributed by atoms with Gasteiger partial charge in [0.1, 0.15) is 0 Å². The number of nitrogens with zero attached hydrogens (tertiary/aromatic N) is 1. The number of nitrogens with one attached hydrogen (secondary N) is 1. The Morgan fingerprint density at radius 1 is 1.28 bits per heavy atom.